The number of para-hydroxylation sites is 2. The largest absolute Gasteiger partial charge is 0.349 e. The number of nitrogens with zero attached hydrogens (tertiary/aromatic N) is 2. The minimum absolute atomic E-state index is 0.106. The second kappa shape index (κ2) is 7.03. The van der Waals surface area contributed by atoms with Crippen molar-refractivity contribution in [3.63, 3.8) is 0 Å². The lowest BCUT2D eigenvalue weighted by molar-refractivity contribution is -0.116. The Morgan fingerprint density at radius 2 is 1.81 bits per heavy atom. The molecule has 0 atom stereocenters. The maximum absolute atomic E-state index is 12.4. The lowest BCUT2D eigenvalue weighted by Gasteiger charge is -2.10. The van der Waals surface area contributed by atoms with Gasteiger partial charge in [-0.15, -0.1) is 0 Å². The molecule has 0 bridgehead atoms. The van der Waals surface area contributed by atoms with Gasteiger partial charge in [0, 0.05) is 17.3 Å². The summed E-state index contributed by atoms with van der Waals surface area (Å²) in [7, 11) is 0. The Labute approximate surface area is 155 Å². The average Bonchev–Trinajstić information content (AvgIpc) is 3.48. The van der Waals surface area contributed by atoms with Crippen LogP contribution in [0.4, 0.5) is 5.69 Å². The number of carbonyl (C=O) groups is 2. The SMILES string of the molecule is O=C(Cn1c(=O)cnc2ccccc21)Nc1ccc(C(=O)NC2CC2)cc1. The second-order valence-corrected chi connectivity index (χ2v) is 6.54. The van der Waals surface area contributed by atoms with Crippen molar-refractivity contribution in [3.05, 3.63) is 70.6 Å². The number of rotatable bonds is 5. The van der Waals surface area contributed by atoms with Crippen LogP contribution in [0.15, 0.2) is 59.5 Å². The number of carbonyl (C=O) groups excluding carboxylic acids is 2. The highest BCUT2D eigenvalue weighted by Gasteiger charge is 2.23. The number of nitrogens with one attached hydrogen (secondary N) is 2. The summed E-state index contributed by atoms with van der Waals surface area (Å²) in [6, 6.07) is 14.1. The van der Waals surface area contributed by atoms with Gasteiger partial charge in [0.05, 0.1) is 17.2 Å². The second-order valence-electron chi connectivity index (χ2n) is 6.54. The van der Waals surface area contributed by atoms with Gasteiger partial charge in [0.15, 0.2) is 0 Å². The molecule has 136 valence electrons. The normalized spacial score (nSPS) is 13.3. The van der Waals surface area contributed by atoms with E-state index in [0.717, 1.165) is 12.8 Å². The molecule has 7 heteroatoms. The topological polar surface area (TPSA) is 93.1 Å². The van der Waals surface area contributed by atoms with Crippen LogP contribution in [0.5, 0.6) is 0 Å². The molecule has 1 fully saturated rings. The van der Waals surface area contributed by atoms with E-state index in [-0.39, 0.29) is 23.9 Å². The number of hydrogen-bond acceptors (Lipinski definition) is 4. The van der Waals surface area contributed by atoms with Crippen LogP contribution < -0.4 is 16.2 Å². The smallest absolute Gasteiger partial charge is 0.269 e. The van der Waals surface area contributed by atoms with Crippen LogP contribution in [-0.4, -0.2) is 27.4 Å². The lowest BCUT2D eigenvalue weighted by Crippen LogP contribution is -2.28. The molecule has 0 spiro atoms. The van der Waals surface area contributed by atoms with E-state index in [4.69, 9.17) is 0 Å². The molecule has 2 amide bonds. The molecule has 0 aliphatic heterocycles. The van der Waals surface area contributed by atoms with E-state index >= 15 is 0 Å². The molecule has 1 heterocycles. The van der Waals surface area contributed by atoms with Crippen molar-refractivity contribution in [2.24, 2.45) is 0 Å². The van der Waals surface area contributed by atoms with Crippen LogP contribution in [0.3, 0.4) is 0 Å². The predicted molar refractivity (Wildman–Crippen MR) is 102 cm³/mol. The summed E-state index contributed by atoms with van der Waals surface area (Å²) < 4.78 is 1.38. The fourth-order valence-corrected chi connectivity index (χ4v) is 2.82. The summed E-state index contributed by atoms with van der Waals surface area (Å²) in [5, 5.41) is 5.67. The van der Waals surface area contributed by atoms with Gasteiger partial charge in [0.1, 0.15) is 6.54 Å². The van der Waals surface area contributed by atoms with Gasteiger partial charge in [0.25, 0.3) is 11.5 Å². The van der Waals surface area contributed by atoms with Crippen LogP contribution in [0.25, 0.3) is 11.0 Å². The predicted octanol–water partition coefficient (Wildman–Crippen LogP) is 1.93. The molecule has 1 aliphatic carbocycles. The summed E-state index contributed by atoms with van der Waals surface area (Å²) in [5.74, 6) is -0.436. The van der Waals surface area contributed by atoms with Crippen molar-refractivity contribution in [2.75, 3.05) is 5.32 Å². The highest BCUT2D eigenvalue weighted by Crippen LogP contribution is 2.19. The number of hydrogen-bond donors (Lipinski definition) is 2. The van der Waals surface area contributed by atoms with Gasteiger partial charge in [-0.3, -0.25) is 19.0 Å². The zero-order valence-corrected chi connectivity index (χ0v) is 14.5. The third kappa shape index (κ3) is 3.87. The molecule has 0 saturated heterocycles. The number of aromatic nitrogens is 2. The summed E-state index contributed by atoms with van der Waals surface area (Å²) in [4.78, 5) is 40.6. The molecule has 1 saturated carbocycles. The molecule has 3 aromatic rings. The molecule has 0 unspecified atom stereocenters. The molecular formula is C20H18N4O3. The first kappa shape index (κ1) is 17.0. The first-order valence-corrected chi connectivity index (χ1v) is 8.75. The van der Waals surface area contributed by atoms with Crippen LogP contribution in [-0.2, 0) is 11.3 Å². The first-order valence-electron chi connectivity index (χ1n) is 8.75. The number of amides is 2. The van der Waals surface area contributed by atoms with E-state index in [1.807, 2.05) is 6.07 Å². The van der Waals surface area contributed by atoms with Crippen molar-refractivity contribution in [1.29, 1.82) is 0 Å². The molecule has 2 aromatic carbocycles. The Morgan fingerprint density at radius 3 is 2.56 bits per heavy atom. The molecule has 2 N–H and O–H groups in total. The minimum Gasteiger partial charge on any atom is -0.349 e. The average molecular weight is 362 g/mol. The molecule has 1 aromatic heterocycles. The highest BCUT2D eigenvalue weighted by molar-refractivity contribution is 5.96. The van der Waals surface area contributed by atoms with Crippen LogP contribution in [0.2, 0.25) is 0 Å². The maximum Gasteiger partial charge on any atom is 0.269 e. The lowest BCUT2D eigenvalue weighted by atomic mass is 10.2. The monoisotopic (exact) mass is 362 g/mol. The third-order valence-corrected chi connectivity index (χ3v) is 4.40. The number of fused-ring (bicyclic) bond motifs is 1. The zero-order chi connectivity index (χ0) is 18.8. The molecule has 0 radical (unpaired) electrons. The number of benzene rings is 2. The van der Waals surface area contributed by atoms with Gasteiger partial charge in [0.2, 0.25) is 5.91 Å². The van der Waals surface area contributed by atoms with Crippen LogP contribution in [0.1, 0.15) is 23.2 Å². The van der Waals surface area contributed by atoms with Gasteiger partial charge in [-0.25, -0.2) is 4.98 Å². The van der Waals surface area contributed by atoms with E-state index < -0.39 is 0 Å². The summed E-state index contributed by atoms with van der Waals surface area (Å²) in [5.41, 5.74) is 2.03. The minimum atomic E-state index is -0.337. The molecule has 7 nitrogen and oxygen atoms in total. The van der Waals surface area contributed by atoms with Gasteiger partial charge in [-0.05, 0) is 49.2 Å². The first-order chi connectivity index (χ1) is 13.1. The van der Waals surface area contributed by atoms with E-state index in [1.165, 1.54) is 10.8 Å². The molecular weight excluding hydrogens is 344 g/mol. The quantitative estimate of drug-likeness (QED) is 0.725. The fourth-order valence-electron chi connectivity index (χ4n) is 2.82. The van der Waals surface area contributed by atoms with Crippen molar-refractivity contribution < 1.29 is 9.59 Å². The van der Waals surface area contributed by atoms with Gasteiger partial charge >= 0.3 is 0 Å². The van der Waals surface area contributed by atoms with Crippen LogP contribution in [0, 0.1) is 0 Å². The Bertz CT molecular complexity index is 1070. The van der Waals surface area contributed by atoms with Gasteiger partial charge in [-0.2, -0.15) is 0 Å². The molecule has 27 heavy (non-hydrogen) atoms. The summed E-state index contributed by atoms with van der Waals surface area (Å²) >= 11 is 0. The standard InChI is InChI=1S/C20H18N4O3/c25-18(12-24-17-4-2-1-3-16(17)21-11-19(24)26)22-14-7-5-13(6-8-14)20(27)23-15-9-10-15/h1-8,11,15H,9-10,12H2,(H,22,25)(H,23,27). The van der Waals surface area contributed by atoms with E-state index in [1.54, 1.807) is 42.5 Å². The van der Waals surface area contributed by atoms with Gasteiger partial charge in [-0.1, -0.05) is 12.1 Å². The van der Waals surface area contributed by atoms with Crippen molar-refractivity contribution in [3.8, 4) is 0 Å². The Balaban J connectivity index is 1.46. The van der Waals surface area contributed by atoms with Crippen molar-refractivity contribution in [1.82, 2.24) is 14.9 Å². The van der Waals surface area contributed by atoms with Crippen molar-refractivity contribution in [2.45, 2.75) is 25.4 Å². The third-order valence-electron chi connectivity index (χ3n) is 4.40. The maximum atomic E-state index is 12.4. The Morgan fingerprint density at radius 1 is 1.07 bits per heavy atom. The Kier molecular flexibility index (Phi) is 4.42. The number of anilines is 1. The fraction of sp³-hybridized carbons (Fsp3) is 0.200. The highest BCUT2D eigenvalue weighted by atomic mass is 16.2. The molecule has 1 aliphatic rings. The van der Waals surface area contributed by atoms with E-state index in [2.05, 4.69) is 15.6 Å². The van der Waals surface area contributed by atoms with Gasteiger partial charge < -0.3 is 10.6 Å². The van der Waals surface area contributed by atoms with E-state index in [9.17, 15) is 14.4 Å². The van der Waals surface area contributed by atoms with Crippen molar-refractivity contribution >= 4 is 28.5 Å². The van der Waals surface area contributed by atoms with Crippen LogP contribution >= 0.6 is 0 Å². The van der Waals surface area contributed by atoms with E-state index in [0.29, 0.717) is 28.3 Å². The summed E-state index contributed by atoms with van der Waals surface area (Å²) in [6.07, 6.45) is 3.27. The zero-order valence-electron chi connectivity index (χ0n) is 14.5. The molecule has 4 rings (SSSR count). The Hall–Kier alpha value is -3.48. The summed E-state index contributed by atoms with van der Waals surface area (Å²) in [6.45, 7) is -0.119.